The topological polar surface area (TPSA) is 71.9 Å². The van der Waals surface area contributed by atoms with Crippen molar-refractivity contribution in [3.63, 3.8) is 0 Å². The highest BCUT2D eigenvalue weighted by molar-refractivity contribution is 8.62. The van der Waals surface area contributed by atoms with Crippen LogP contribution in [0.25, 0.3) is 0 Å². The fourth-order valence-corrected chi connectivity index (χ4v) is 6.24. The molecule has 2 atom stereocenters. The van der Waals surface area contributed by atoms with Gasteiger partial charge in [0.1, 0.15) is 17.9 Å². The fourth-order valence-electron chi connectivity index (χ4n) is 2.29. The molecule has 0 aliphatic carbocycles. The van der Waals surface area contributed by atoms with Crippen molar-refractivity contribution in [3.8, 4) is 0 Å². The molecule has 20 heavy (non-hydrogen) atoms. The molecule has 0 saturated carbocycles. The van der Waals surface area contributed by atoms with Crippen LogP contribution < -0.4 is 5.73 Å². The van der Waals surface area contributed by atoms with Gasteiger partial charge in [-0.05, 0) is 43.4 Å². The van der Waals surface area contributed by atoms with Gasteiger partial charge in [0.2, 0.25) is 5.55 Å². The van der Waals surface area contributed by atoms with Crippen LogP contribution in [0.3, 0.4) is 0 Å². The first-order valence-electron chi connectivity index (χ1n) is 6.21. The zero-order valence-corrected chi connectivity index (χ0v) is 13.8. The first-order valence-corrected chi connectivity index (χ1v) is 9.82. The molecule has 0 saturated heterocycles. The number of nitrogens with two attached hydrogens (primary N) is 1. The van der Waals surface area contributed by atoms with Gasteiger partial charge in [0, 0.05) is 12.6 Å². The summed E-state index contributed by atoms with van der Waals surface area (Å²) in [7, 11) is -1.73. The average Bonchev–Trinajstić information content (AvgIpc) is 2.56. The van der Waals surface area contributed by atoms with Gasteiger partial charge in [-0.1, -0.05) is 0 Å². The predicted molar refractivity (Wildman–Crippen MR) is 87.2 cm³/mol. The smallest absolute Gasteiger partial charge is 0.207 e. The first-order chi connectivity index (χ1) is 9.35. The van der Waals surface area contributed by atoms with Gasteiger partial charge in [0.25, 0.3) is 0 Å². The number of aromatic nitrogens is 2. The quantitative estimate of drug-likeness (QED) is 0.635. The second-order valence-electron chi connectivity index (χ2n) is 4.88. The number of aryl methyl sites for hydroxylation is 1. The number of aldehydes is 1. The number of anilines is 1. The highest BCUT2D eigenvalue weighted by Crippen LogP contribution is 2.22. The van der Waals surface area contributed by atoms with Crippen molar-refractivity contribution in [1.82, 2.24) is 9.97 Å². The molecule has 108 valence electrons. The standard InChI is InChI=1S/C12H17N4OS3/c1-8-11(3-4-17)20(18,19)7-16(8)6-10-5-14-9(2)15-12(10)13/h4-5,7-8,11H,3,6H2,1-2H3,(H2,13,14,15)/q+1. The van der Waals surface area contributed by atoms with Crippen molar-refractivity contribution in [2.45, 2.75) is 38.1 Å². The third-order valence-corrected chi connectivity index (χ3v) is 7.46. The van der Waals surface area contributed by atoms with Gasteiger partial charge >= 0.3 is 0 Å². The van der Waals surface area contributed by atoms with E-state index in [9.17, 15) is 4.79 Å². The molecule has 0 aromatic carbocycles. The lowest BCUT2D eigenvalue weighted by molar-refractivity contribution is -0.567. The summed E-state index contributed by atoms with van der Waals surface area (Å²) >= 11 is 11.0. The number of hydrogen-bond donors (Lipinski definition) is 1. The number of rotatable bonds is 4. The van der Waals surface area contributed by atoms with Gasteiger partial charge in [0.15, 0.2) is 12.6 Å². The van der Waals surface area contributed by atoms with Crippen LogP contribution in [0.5, 0.6) is 0 Å². The van der Waals surface area contributed by atoms with E-state index in [-0.39, 0.29) is 11.3 Å². The minimum Gasteiger partial charge on any atom is -0.383 e. The van der Waals surface area contributed by atoms with Crippen LogP contribution in [-0.2, 0) is 40.9 Å². The summed E-state index contributed by atoms with van der Waals surface area (Å²) in [6.07, 6.45) is 3.05. The van der Waals surface area contributed by atoms with E-state index in [1.54, 1.807) is 13.1 Å². The molecular formula is C12H17N4OS3+. The Hall–Kier alpha value is -0.990. The molecule has 5 nitrogen and oxygen atoms in total. The van der Waals surface area contributed by atoms with Gasteiger partial charge in [-0.2, -0.15) is 0 Å². The zero-order valence-electron chi connectivity index (χ0n) is 11.4. The highest BCUT2D eigenvalue weighted by atomic mass is 33.1. The fraction of sp³-hybridized carbons (Fsp3) is 0.500. The van der Waals surface area contributed by atoms with Crippen molar-refractivity contribution >= 4 is 47.2 Å². The first kappa shape index (κ1) is 15.4. The van der Waals surface area contributed by atoms with Crippen molar-refractivity contribution in [2.24, 2.45) is 0 Å². The molecule has 0 bridgehead atoms. The van der Waals surface area contributed by atoms with Crippen molar-refractivity contribution in [3.05, 3.63) is 17.6 Å². The molecule has 0 amide bonds. The Balaban J connectivity index is 2.28. The van der Waals surface area contributed by atoms with E-state index in [2.05, 4.69) is 14.5 Å². The van der Waals surface area contributed by atoms with Crippen LogP contribution >= 0.6 is 0 Å². The Morgan fingerprint density at radius 2 is 2.25 bits per heavy atom. The SMILES string of the molecule is Cc1ncc(C[N+]2=CS(=S)(=S)C(CC=O)C2C)c(N)n1. The normalized spacial score (nSPS) is 24.4. The molecule has 8 heteroatoms. The van der Waals surface area contributed by atoms with Crippen LogP contribution in [0.2, 0.25) is 0 Å². The van der Waals surface area contributed by atoms with Gasteiger partial charge in [-0.15, -0.1) is 0 Å². The third-order valence-electron chi connectivity index (χ3n) is 3.47. The van der Waals surface area contributed by atoms with E-state index in [1.807, 2.05) is 12.5 Å². The summed E-state index contributed by atoms with van der Waals surface area (Å²) in [6.45, 7) is 4.42. The summed E-state index contributed by atoms with van der Waals surface area (Å²) in [4.78, 5) is 19.1. The number of nitrogen functional groups attached to an aromatic ring is 1. The van der Waals surface area contributed by atoms with E-state index in [0.717, 1.165) is 11.8 Å². The Bertz CT molecular complexity index is 669. The summed E-state index contributed by atoms with van der Waals surface area (Å²) in [5.74, 6) is 1.13. The average molecular weight is 329 g/mol. The van der Waals surface area contributed by atoms with Gasteiger partial charge < -0.3 is 10.5 Å². The van der Waals surface area contributed by atoms with Gasteiger partial charge in [-0.25, -0.2) is 14.5 Å². The maximum Gasteiger partial charge on any atom is 0.207 e. The maximum absolute atomic E-state index is 10.8. The Morgan fingerprint density at radius 1 is 1.55 bits per heavy atom. The van der Waals surface area contributed by atoms with E-state index < -0.39 is 7.15 Å². The molecule has 0 spiro atoms. The van der Waals surface area contributed by atoms with Crippen LogP contribution in [0.15, 0.2) is 6.20 Å². The molecule has 0 fully saturated rings. The largest absolute Gasteiger partial charge is 0.383 e. The van der Waals surface area contributed by atoms with Gasteiger partial charge in [-0.3, -0.25) is 0 Å². The zero-order chi connectivity index (χ0) is 14.9. The summed E-state index contributed by atoms with van der Waals surface area (Å²) in [5.41, 5.74) is 8.69. The van der Waals surface area contributed by atoms with E-state index >= 15 is 0 Å². The van der Waals surface area contributed by atoms with Crippen LogP contribution in [0, 0.1) is 6.92 Å². The van der Waals surface area contributed by atoms with E-state index in [1.165, 1.54) is 0 Å². The molecule has 1 aromatic rings. The number of nitrogens with zero attached hydrogens (tertiary/aromatic N) is 3. The third kappa shape index (κ3) is 3.02. The summed E-state index contributed by atoms with van der Waals surface area (Å²) < 4.78 is 2.08. The molecule has 1 aromatic heterocycles. The van der Waals surface area contributed by atoms with Crippen molar-refractivity contribution < 1.29 is 9.37 Å². The molecule has 2 rings (SSSR count). The second kappa shape index (κ2) is 5.79. The monoisotopic (exact) mass is 329 g/mol. The van der Waals surface area contributed by atoms with Crippen LogP contribution in [0.4, 0.5) is 5.82 Å². The lowest BCUT2D eigenvalue weighted by atomic mass is 10.1. The molecule has 2 N–H and O–H groups in total. The highest BCUT2D eigenvalue weighted by Gasteiger charge is 2.39. The number of carbonyl (C=O) groups excluding carboxylic acids is 1. The van der Waals surface area contributed by atoms with Crippen LogP contribution in [0.1, 0.15) is 24.7 Å². The van der Waals surface area contributed by atoms with Crippen molar-refractivity contribution in [2.75, 3.05) is 5.73 Å². The molecule has 1 aliphatic heterocycles. The molecule has 0 radical (unpaired) electrons. The lowest BCUT2D eigenvalue weighted by Gasteiger charge is -2.13. The number of hydrogen-bond acceptors (Lipinski definition) is 6. The summed E-state index contributed by atoms with van der Waals surface area (Å²) in [6, 6.07) is 0.130. The molecular weight excluding hydrogens is 312 g/mol. The molecule has 2 unspecified atom stereocenters. The van der Waals surface area contributed by atoms with Gasteiger partial charge in [0.05, 0.1) is 10.8 Å². The number of carbonyl (C=O) groups is 1. The van der Waals surface area contributed by atoms with E-state index in [0.29, 0.717) is 24.6 Å². The van der Waals surface area contributed by atoms with E-state index in [4.69, 9.17) is 28.1 Å². The molecule has 1 aliphatic rings. The Kier molecular flexibility index (Phi) is 4.46. The maximum atomic E-state index is 10.8. The minimum absolute atomic E-state index is 0.0394. The molecule has 2 heterocycles. The second-order valence-corrected chi connectivity index (χ2v) is 10.8. The predicted octanol–water partition coefficient (Wildman–Crippen LogP) is 0.346. The lowest BCUT2D eigenvalue weighted by Crippen LogP contribution is -2.31. The van der Waals surface area contributed by atoms with Crippen LogP contribution in [-0.4, -0.2) is 37.7 Å². The van der Waals surface area contributed by atoms with Crippen molar-refractivity contribution in [1.29, 1.82) is 0 Å². The summed E-state index contributed by atoms with van der Waals surface area (Å²) in [5, 5.41) is 0.0394. The minimum atomic E-state index is -1.73. The Labute approximate surface area is 128 Å². The Morgan fingerprint density at radius 3 is 2.85 bits per heavy atom.